The largest absolute Gasteiger partial charge is 0.493 e. The summed E-state index contributed by atoms with van der Waals surface area (Å²) in [6, 6.07) is 13.0. The lowest BCUT2D eigenvalue weighted by Crippen LogP contribution is -2.23. The number of nitrogens with one attached hydrogen (secondary N) is 2. The molecule has 0 aliphatic rings. The maximum absolute atomic E-state index is 12.4. The molecule has 0 unspecified atom stereocenters. The van der Waals surface area contributed by atoms with Crippen molar-refractivity contribution in [1.29, 1.82) is 0 Å². The van der Waals surface area contributed by atoms with Crippen LogP contribution in [-0.2, 0) is 13.2 Å². The topological polar surface area (TPSA) is 98.4 Å². The van der Waals surface area contributed by atoms with E-state index in [1.165, 1.54) is 20.5 Å². The van der Waals surface area contributed by atoms with E-state index >= 15 is 0 Å². The highest BCUT2D eigenvalue weighted by molar-refractivity contribution is 5.95. The van der Waals surface area contributed by atoms with Gasteiger partial charge in [0.1, 0.15) is 18.8 Å². The quantitative estimate of drug-likeness (QED) is 0.633. The Hall–Kier alpha value is -3.55. The summed E-state index contributed by atoms with van der Waals surface area (Å²) in [5.41, 5.74) is 1.39. The van der Waals surface area contributed by atoms with Crippen LogP contribution in [0.2, 0.25) is 0 Å². The SMILES string of the molecule is COc1cc(C(=O)NCc2ncn[nH]2)cc(OC)c1OCc1ccccc1. The monoisotopic (exact) mass is 368 g/mol. The van der Waals surface area contributed by atoms with E-state index in [0.717, 1.165) is 5.56 Å². The van der Waals surface area contributed by atoms with Crippen LogP contribution in [0.4, 0.5) is 0 Å². The number of methoxy groups -OCH3 is 2. The van der Waals surface area contributed by atoms with Crippen LogP contribution in [0.15, 0.2) is 48.8 Å². The van der Waals surface area contributed by atoms with Crippen LogP contribution in [-0.4, -0.2) is 35.3 Å². The van der Waals surface area contributed by atoms with Crippen molar-refractivity contribution in [2.75, 3.05) is 14.2 Å². The molecule has 140 valence electrons. The van der Waals surface area contributed by atoms with Crippen LogP contribution < -0.4 is 19.5 Å². The Morgan fingerprint density at radius 3 is 2.41 bits per heavy atom. The van der Waals surface area contributed by atoms with Crippen molar-refractivity contribution < 1.29 is 19.0 Å². The molecular formula is C19H20N4O4. The summed E-state index contributed by atoms with van der Waals surface area (Å²) in [4.78, 5) is 16.4. The molecule has 0 radical (unpaired) electrons. The minimum absolute atomic E-state index is 0.232. The molecule has 2 N–H and O–H groups in total. The predicted octanol–water partition coefficient (Wildman–Crippen LogP) is 2.33. The third kappa shape index (κ3) is 4.55. The minimum atomic E-state index is -0.294. The predicted molar refractivity (Wildman–Crippen MR) is 97.9 cm³/mol. The van der Waals surface area contributed by atoms with Gasteiger partial charge in [0, 0.05) is 5.56 Å². The molecule has 27 heavy (non-hydrogen) atoms. The second-order valence-electron chi connectivity index (χ2n) is 5.60. The maximum Gasteiger partial charge on any atom is 0.251 e. The molecular weight excluding hydrogens is 348 g/mol. The van der Waals surface area contributed by atoms with Gasteiger partial charge < -0.3 is 19.5 Å². The Morgan fingerprint density at radius 1 is 1.11 bits per heavy atom. The van der Waals surface area contributed by atoms with Crippen molar-refractivity contribution in [3.63, 3.8) is 0 Å². The van der Waals surface area contributed by atoms with Crippen molar-refractivity contribution in [2.45, 2.75) is 13.2 Å². The van der Waals surface area contributed by atoms with E-state index in [1.807, 2.05) is 30.3 Å². The smallest absolute Gasteiger partial charge is 0.251 e. The Kier molecular flexibility index (Phi) is 5.88. The third-order valence-electron chi connectivity index (χ3n) is 3.83. The lowest BCUT2D eigenvalue weighted by Gasteiger charge is -2.16. The van der Waals surface area contributed by atoms with E-state index in [2.05, 4.69) is 20.5 Å². The zero-order chi connectivity index (χ0) is 19.1. The van der Waals surface area contributed by atoms with E-state index in [-0.39, 0.29) is 12.5 Å². The van der Waals surface area contributed by atoms with Gasteiger partial charge in [0.15, 0.2) is 11.5 Å². The van der Waals surface area contributed by atoms with Gasteiger partial charge in [-0.15, -0.1) is 0 Å². The summed E-state index contributed by atoms with van der Waals surface area (Å²) in [6.45, 7) is 0.584. The number of hydrogen-bond acceptors (Lipinski definition) is 6. The maximum atomic E-state index is 12.4. The number of carbonyl (C=O) groups is 1. The Balaban J connectivity index is 1.77. The highest BCUT2D eigenvalue weighted by Gasteiger charge is 2.18. The second kappa shape index (κ2) is 8.70. The van der Waals surface area contributed by atoms with E-state index in [9.17, 15) is 4.79 Å². The molecule has 0 saturated carbocycles. The summed E-state index contributed by atoms with van der Waals surface area (Å²) < 4.78 is 16.7. The van der Waals surface area contributed by atoms with Gasteiger partial charge in [0.05, 0.1) is 20.8 Å². The van der Waals surface area contributed by atoms with Crippen LogP contribution >= 0.6 is 0 Å². The molecule has 8 nitrogen and oxygen atoms in total. The summed E-state index contributed by atoms with van der Waals surface area (Å²) in [5.74, 6) is 1.53. The molecule has 3 aromatic rings. The van der Waals surface area contributed by atoms with Gasteiger partial charge in [0.2, 0.25) is 5.75 Å². The number of hydrogen-bond donors (Lipinski definition) is 2. The molecule has 1 heterocycles. The highest BCUT2D eigenvalue weighted by atomic mass is 16.5. The second-order valence-corrected chi connectivity index (χ2v) is 5.60. The molecule has 0 bridgehead atoms. The van der Waals surface area contributed by atoms with Crippen molar-refractivity contribution in [2.24, 2.45) is 0 Å². The van der Waals surface area contributed by atoms with Gasteiger partial charge >= 0.3 is 0 Å². The minimum Gasteiger partial charge on any atom is -0.493 e. The lowest BCUT2D eigenvalue weighted by molar-refractivity contribution is 0.0949. The lowest BCUT2D eigenvalue weighted by atomic mass is 10.1. The van der Waals surface area contributed by atoms with Crippen LogP contribution in [0, 0.1) is 0 Å². The number of nitrogens with zero attached hydrogens (tertiary/aromatic N) is 2. The van der Waals surface area contributed by atoms with Crippen molar-refractivity contribution >= 4 is 5.91 Å². The Bertz CT molecular complexity index is 857. The van der Waals surface area contributed by atoms with Crippen LogP contribution in [0.25, 0.3) is 0 Å². The number of H-pyrrole nitrogens is 1. The van der Waals surface area contributed by atoms with Crippen LogP contribution in [0.1, 0.15) is 21.7 Å². The van der Waals surface area contributed by atoms with Gasteiger partial charge in [-0.25, -0.2) is 4.98 Å². The van der Waals surface area contributed by atoms with Gasteiger partial charge in [-0.1, -0.05) is 30.3 Å². The van der Waals surface area contributed by atoms with Crippen molar-refractivity contribution in [3.8, 4) is 17.2 Å². The van der Waals surface area contributed by atoms with Crippen molar-refractivity contribution in [1.82, 2.24) is 20.5 Å². The summed E-state index contributed by atoms with van der Waals surface area (Å²) in [7, 11) is 3.03. The fourth-order valence-electron chi connectivity index (χ4n) is 2.47. The van der Waals surface area contributed by atoms with E-state index < -0.39 is 0 Å². The summed E-state index contributed by atoms with van der Waals surface area (Å²) in [5, 5.41) is 9.18. The molecule has 8 heteroatoms. The zero-order valence-electron chi connectivity index (χ0n) is 15.1. The van der Waals surface area contributed by atoms with E-state index in [0.29, 0.717) is 35.2 Å². The summed E-state index contributed by atoms with van der Waals surface area (Å²) in [6.07, 6.45) is 1.38. The molecule has 0 aliphatic heterocycles. The first kappa shape index (κ1) is 18.2. The number of carbonyl (C=O) groups excluding carboxylic acids is 1. The first-order chi connectivity index (χ1) is 13.2. The summed E-state index contributed by atoms with van der Waals surface area (Å²) >= 11 is 0. The molecule has 0 aliphatic carbocycles. The normalized spacial score (nSPS) is 10.3. The molecule has 3 rings (SSSR count). The number of amides is 1. The molecule has 0 atom stereocenters. The van der Waals surface area contributed by atoms with E-state index in [4.69, 9.17) is 14.2 Å². The van der Waals surface area contributed by atoms with Gasteiger partial charge in [-0.3, -0.25) is 9.89 Å². The zero-order valence-corrected chi connectivity index (χ0v) is 15.1. The average Bonchev–Trinajstić information content (AvgIpc) is 3.24. The van der Waals surface area contributed by atoms with E-state index in [1.54, 1.807) is 12.1 Å². The fourth-order valence-corrected chi connectivity index (χ4v) is 2.47. The molecule has 0 fully saturated rings. The number of rotatable bonds is 8. The number of aromatic amines is 1. The number of aromatic nitrogens is 3. The first-order valence-corrected chi connectivity index (χ1v) is 8.26. The Morgan fingerprint density at radius 2 is 1.81 bits per heavy atom. The highest BCUT2D eigenvalue weighted by Crippen LogP contribution is 2.39. The fraction of sp³-hybridized carbons (Fsp3) is 0.211. The van der Waals surface area contributed by atoms with Gasteiger partial charge in [0.25, 0.3) is 5.91 Å². The molecule has 1 aromatic heterocycles. The molecule has 0 spiro atoms. The van der Waals surface area contributed by atoms with Gasteiger partial charge in [-0.05, 0) is 17.7 Å². The molecule has 2 aromatic carbocycles. The van der Waals surface area contributed by atoms with Crippen LogP contribution in [0.5, 0.6) is 17.2 Å². The van der Waals surface area contributed by atoms with Crippen molar-refractivity contribution in [3.05, 3.63) is 65.7 Å². The first-order valence-electron chi connectivity index (χ1n) is 8.26. The number of ether oxygens (including phenoxy) is 3. The molecule has 1 amide bonds. The third-order valence-corrected chi connectivity index (χ3v) is 3.83. The Labute approximate surface area is 156 Å². The standard InChI is InChI=1S/C19H20N4O4/c1-25-15-8-14(19(24)20-10-17-21-12-22-23-17)9-16(26-2)18(15)27-11-13-6-4-3-5-7-13/h3-9,12H,10-11H2,1-2H3,(H,20,24)(H,21,22,23). The molecule has 0 saturated heterocycles. The average molecular weight is 368 g/mol. The van der Waals surface area contributed by atoms with Crippen LogP contribution in [0.3, 0.4) is 0 Å². The number of benzene rings is 2. The van der Waals surface area contributed by atoms with Gasteiger partial charge in [-0.2, -0.15) is 5.10 Å².